The SMILES string of the molecule is COc1cc([C@H](N)[C@H](O)CC(C)C)ccc1F.Cl. The van der Waals surface area contributed by atoms with Crippen LogP contribution in [0.4, 0.5) is 4.39 Å². The maximum atomic E-state index is 13.2. The van der Waals surface area contributed by atoms with Gasteiger partial charge in [-0.15, -0.1) is 12.4 Å². The molecule has 0 aromatic heterocycles. The van der Waals surface area contributed by atoms with E-state index in [9.17, 15) is 9.50 Å². The molecule has 2 atom stereocenters. The lowest BCUT2D eigenvalue weighted by atomic mass is 9.95. The highest BCUT2D eigenvalue weighted by atomic mass is 35.5. The molecule has 0 bridgehead atoms. The lowest BCUT2D eigenvalue weighted by molar-refractivity contribution is 0.121. The Bertz CT molecular complexity index is 374. The monoisotopic (exact) mass is 277 g/mol. The molecule has 104 valence electrons. The summed E-state index contributed by atoms with van der Waals surface area (Å²) in [4.78, 5) is 0. The molecular formula is C13H21ClFNO2. The summed E-state index contributed by atoms with van der Waals surface area (Å²) in [6.45, 7) is 4.03. The van der Waals surface area contributed by atoms with Crippen molar-refractivity contribution in [3.8, 4) is 5.75 Å². The van der Waals surface area contributed by atoms with Crippen LogP contribution < -0.4 is 10.5 Å². The smallest absolute Gasteiger partial charge is 0.165 e. The molecule has 0 aliphatic rings. The molecule has 0 aliphatic heterocycles. The van der Waals surface area contributed by atoms with Gasteiger partial charge in [-0.25, -0.2) is 4.39 Å². The number of rotatable bonds is 5. The second kappa shape index (κ2) is 7.56. The minimum absolute atomic E-state index is 0. The third-order valence-corrected chi connectivity index (χ3v) is 2.69. The van der Waals surface area contributed by atoms with Gasteiger partial charge in [0, 0.05) is 0 Å². The van der Waals surface area contributed by atoms with Crippen LogP contribution in [0.15, 0.2) is 18.2 Å². The van der Waals surface area contributed by atoms with E-state index in [2.05, 4.69) is 0 Å². The highest BCUT2D eigenvalue weighted by molar-refractivity contribution is 5.85. The van der Waals surface area contributed by atoms with Crippen molar-refractivity contribution in [2.75, 3.05) is 7.11 Å². The van der Waals surface area contributed by atoms with E-state index in [1.165, 1.54) is 19.2 Å². The molecule has 0 saturated carbocycles. The normalized spacial score (nSPS) is 13.9. The third-order valence-electron chi connectivity index (χ3n) is 2.69. The Morgan fingerprint density at radius 3 is 2.50 bits per heavy atom. The highest BCUT2D eigenvalue weighted by Crippen LogP contribution is 2.25. The molecule has 0 saturated heterocycles. The second-order valence-electron chi connectivity index (χ2n) is 4.62. The number of hydrogen-bond donors (Lipinski definition) is 2. The molecule has 0 heterocycles. The van der Waals surface area contributed by atoms with E-state index in [4.69, 9.17) is 10.5 Å². The summed E-state index contributed by atoms with van der Waals surface area (Å²) >= 11 is 0. The van der Waals surface area contributed by atoms with Gasteiger partial charge in [-0.2, -0.15) is 0 Å². The molecule has 0 spiro atoms. The summed E-state index contributed by atoms with van der Waals surface area (Å²) in [6, 6.07) is 3.89. The van der Waals surface area contributed by atoms with E-state index < -0.39 is 18.0 Å². The van der Waals surface area contributed by atoms with Crippen molar-refractivity contribution in [1.82, 2.24) is 0 Å². The number of aliphatic hydroxyl groups excluding tert-OH is 1. The van der Waals surface area contributed by atoms with E-state index in [1.54, 1.807) is 6.07 Å². The Hall–Kier alpha value is -0.840. The molecule has 1 aromatic carbocycles. The first-order valence-corrected chi connectivity index (χ1v) is 5.72. The molecule has 5 heteroatoms. The van der Waals surface area contributed by atoms with Crippen LogP contribution in [-0.4, -0.2) is 18.3 Å². The van der Waals surface area contributed by atoms with Crippen molar-refractivity contribution in [2.24, 2.45) is 11.7 Å². The number of hydrogen-bond acceptors (Lipinski definition) is 3. The molecule has 0 amide bonds. The molecule has 18 heavy (non-hydrogen) atoms. The number of halogens is 2. The first kappa shape index (κ1) is 17.2. The van der Waals surface area contributed by atoms with Crippen LogP contribution in [0.5, 0.6) is 5.75 Å². The number of methoxy groups -OCH3 is 1. The Balaban J connectivity index is 0.00000289. The molecular weight excluding hydrogens is 257 g/mol. The van der Waals surface area contributed by atoms with Gasteiger partial charge in [-0.3, -0.25) is 0 Å². The van der Waals surface area contributed by atoms with Crippen LogP contribution in [0.3, 0.4) is 0 Å². The van der Waals surface area contributed by atoms with E-state index in [0.29, 0.717) is 17.9 Å². The fraction of sp³-hybridized carbons (Fsp3) is 0.538. The molecule has 0 unspecified atom stereocenters. The van der Waals surface area contributed by atoms with Gasteiger partial charge in [0.05, 0.1) is 19.3 Å². The summed E-state index contributed by atoms with van der Waals surface area (Å²) in [5, 5.41) is 9.91. The fourth-order valence-electron chi connectivity index (χ4n) is 1.74. The Morgan fingerprint density at radius 1 is 1.39 bits per heavy atom. The summed E-state index contributed by atoms with van der Waals surface area (Å²) in [6.07, 6.45) is -0.0221. The number of aliphatic hydroxyl groups is 1. The van der Waals surface area contributed by atoms with Gasteiger partial charge in [-0.1, -0.05) is 19.9 Å². The fourth-order valence-corrected chi connectivity index (χ4v) is 1.74. The summed E-state index contributed by atoms with van der Waals surface area (Å²) in [5.74, 6) is 0.0786. The van der Waals surface area contributed by atoms with Crippen LogP contribution in [0, 0.1) is 11.7 Å². The molecule has 0 fully saturated rings. The van der Waals surface area contributed by atoms with Crippen molar-refractivity contribution in [1.29, 1.82) is 0 Å². The second-order valence-corrected chi connectivity index (χ2v) is 4.62. The van der Waals surface area contributed by atoms with E-state index in [-0.39, 0.29) is 18.2 Å². The van der Waals surface area contributed by atoms with Gasteiger partial charge in [0.2, 0.25) is 0 Å². The summed E-state index contributed by atoms with van der Waals surface area (Å²) in [7, 11) is 1.40. The summed E-state index contributed by atoms with van der Waals surface area (Å²) < 4.78 is 18.1. The van der Waals surface area contributed by atoms with E-state index in [0.717, 1.165) is 0 Å². The molecule has 3 nitrogen and oxygen atoms in total. The van der Waals surface area contributed by atoms with Crippen molar-refractivity contribution in [2.45, 2.75) is 32.4 Å². The first-order valence-electron chi connectivity index (χ1n) is 5.72. The van der Waals surface area contributed by atoms with Gasteiger partial charge >= 0.3 is 0 Å². The lowest BCUT2D eigenvalue weighted by Gasteiger charge is -2.21. The highest BCUT2D eigenvalue weighted by Gasteiger charge is 2.19. The predicted molar refractivity (Wildman–Crippen MR) is 72.6 cm³/mol. The van der Waals surface area contributed by atoms with E-state index in [1.807, 2.05) is 13.8 Å². The minimum Gasteiger partial charge on any atom is -0.494 e. The third kappa shape index (κ3) is 4.44. The molecule has 3 N–H and O–H groups in total. The number of ether oxygens (including phenoxy) is 1. The van der Waals surface area contributed by atoms with Gasteiger partial charge in [0.15, 0.2) is 11.6 Å². The molecule has 0 aliphatic carbocycles. The maximum absolute atomic E-state index is 13.2. The maximum Gasteiger partial charge on any atom is 0.165 e. The Morgan fingerprint density at radius 2 is 2.00 bits per heavy atom. The zero-order valence-electron chi connectivity index (χ0n) is 10.9. The van der Waals surface area contributed by atoms with Crippen molar-refractivity contribution >= 4 is 12.4 Å². The van der Waals surface area contributed by atoms with Crippen LogP contribution in [-0.2, 0) is 0 Å². The van der Waals surface area contributed by atoms with Gasteiger partial charge in [0.1, 0.15) is 0 Å². The lowest BCUT2D eigenvalue weighted by Crippen LogP contribution is -2.27. The average molecular weight is 278 g/mol. The first-order chi connectivity index (χ1) is 7.95. The van der Waals surface area contributed by atoms with Crippen molar-refractivity contribution in [3.63, 3.8) is 0 Å². The minimum atomic E-state index is -0.634. The predicted octanol–water partition coefficient (Wildman–Crippen LogP) is 2.66. The molecule has 1 aromatic rings. The van der Waals surface area contributed by atoms with Crippen molar-refractivity contribution in [3.05, 3.63) is 29.6 Å². The van der Waals surface area contributed by atoms with Crippen LogP contribution in [0.25, 0.3) is 0 Å². The van der Waals surface area contributed by atoms with Crippen LogP contribution >= 0.6 is 12.4 Å². The Labute approximate surface area is 114 Å². The largest absolute Gasteiger partial charge is 0.494 e. The zero-order chi connectivity index (χ0) is 13.0. The van der Waals surface area contributed by atoms with Crippen LogP contribution in [0.2, 0.25) is 0 Å². The zero-order valence-corrected chi connectivity index (χ0v) is 11.7. The molecule has 0 radical (unpaired) electrons. The Kier molecular flexibility index (Phi) is 7.21. The van der Waals surface area contributed by atoms with Crippen LogP contribution in [0.1, 0.15) is 31.9 Å². The van der Waals surface area contributed by atoms with Crippen molar-refractivity contribution < 1.29 is 14.2 Å². The van der Waals surface area contributed by atoms with Gasteiger partial charge in [-0.05, 0) is 30.0 Å². The average Bonchev–Trinajstić information content (AvgIpc) is 2.27. The standard InChI is InChI=1S/C13H20FNO2.ClH/c1-8(2)6-11(16)13(15)9-4-5-10(14)12(7-9)17-3;/h4-5,7-8,11,13,16H,6,15H2,1-3H3;1H/t11-,13+;/m1./s1. The molecule has 1 rings (SSSR count). The van der Waals surface area contributed by atoms with Gasteiger partial charge in [0.25, 0.3) is 0 Å². The quantitative estimate of drug-likeness (QED) is 0.870. The number of nitrogens with two attached hydrogens (primary N) is 1. The topological polar surface area (TPSA) is 55.5 Å². The van der Waals surface area contributed by atoms with E-state index >= 15 is 0 Å². The number of benzene rings is 1. The summed E-state index contributed by atoms with van der Waals surface area (Å²) in [5.41, 5.74) is 6.61. The van der Waals surface area contributed by atoms with Gasteiger partial charge < -0.3 is 15.6 Å².